The lowest BCUT2D eigenvalue weighted by molar-refractivity contribution is -0.123. The highest BCUT2D eigenvalue weighted by Crippen LogP contribution is 2.17. The summed E-state index contributed by atoms with van der Waals surface area (Å²) in [7, 11) is 0. The van der Waals surface area contributed by atoms with Crippen LogP contribution in [0.25, 0.3) is 0 Å². The molecule has 0 aliphatic rings. The minimum absolute atomic E-state index is 0.0961. The Morgan fingerprint density at radius 1 is 1.22 bits per heavy atom. The lowest BCUT2D eigenvalue weighted by Crippen LogP contribution is -2.44. The molecular weight excluding hydrogens is 230 g/mol. The summed E-state index contributed by atoms with van der Waals surface area (Å²) in [4.78, 5) is 22.1. The van der Waals surface area contributed by atoms with Crippen LogP contribution in [-0.4, -0.2) is 11.9 Å². The van der Waals surface area contributed by atoms with Gasteiger partial charge in [0.25, 0.3) is 0 Å². The smallest absolute Gasteiger partial charge is 0.237 e. The van der Waals surface area contributed by atoms with E-state index < -0.39 is 6.04 Å². The van der Waals surface area contributed by atoms with Gasteiger partial charge in [-0.3, -0.25) is 4.79 Å². The fourth-order valence-electron chi connectivity index (χ4n) is 1.52. The van der Waals surface area contributed by atoms with Gasteiger partial charge in [-0.2, -0.15) is 0 Å². The predicted octanol–water partition coefficient (Wildman–Crippen LogP) is 2.25. The molecule has 0 aromatic heterocycles. The van der Waals surface area contributed by atoms with E-state index in [-0.39, 0.29) is 17.9 Å². The minimum Gasteiger partial charge on any atom is -0.348 e. The summed E-state index contributed by atoms with van der Waals surface area (Å²) in [5, 5.41) is 5.67. The Balaban J connectivity index is 2.67. The van der Waals surface area contributed by atoms with Gasteiger partial charge in [-0.1, -0.05) is 26.0 Å². The Bertz CT molecular complexity index is 415. The maximum atomic E-state index is 11.8. The van der Waals surface area contributed by atoms with Crippen molar-refractivity contribution in [1.82, 2.24) is 5.32 Å². The SMILES string of the molecule is CC(C)[C@@H](N)C(=O)N[C@H](C)c1ccc(N=O)cc1. The van der Waals surface area contributed by atoms with E-state index in [1.54, 1.807) is 24.3 Å². The number of carbonyl (C=O) groups excluding carboxylic acids is 1. The normalized spacial score (nSPS) is 14.1. The summed E-state index contributed by atoms with van der Waals surface area (Å²) in [6, 6.07) is 6.11. The van der Waals surface area contributed by atoms with Gasteiger partial charge >= 0.3 is 0 Å². The van der Waals surface area contributed by atoms with Crippen LogP contribution in [0.1, 0.15) is 32.4 Å². The maximum Gasteiger partial charge on any atom is 0.237 e. The first-order valence-electron chi connectivity index (χ1n) is 5.95. The molecule has 5 heteroatoms. The number of nitrogens with zero attached hydrogens (tertiary/aromatic N) is 1. The van der Waals surface area contributed by atoms with Crippen molar-refractivity contribution in [2.24, 2.45) is 16.8 Å². The number of hydrogen-bond donors (Lipinski definition) is 2. The van der Waals surface area contributed by atoms with Gasteiger partial charge in [0.2, 0.25) is 5.91 Å². The molecule has 0 saturated carbocycles. The molecule has 18 heavy (non-hydrogen) atoms. The summed E-state index contributed by atoms with van der Waals surface area (Å²) >= 11 is 0. The lowest BCUT2D eigenvalue weighted by Gasteiger charge is -2.19. The largest absolute Gasteiger partial charge is 0.348 e. The molecule has 0 heterocycles. The molecule has 0 spiro atoms. The second kappa shape index (κ2) is 6.26. The highest BCUT2D eigenvalue weighted by Gasteiger charge is 2.19. The van der Waals surface area contributed by atoms with Crippen LogP contribution < -0.4 is 11.1 Å². The molecule has 0 radical (unpaired) electrons. The summed E-state index contributed by atoms with van der Waals surface area (Å²) in [6.07, 6.45) is 0. The summed E-state index contributed by atoms with van der Waals surface area (Å²) in [5.41, 5.74) is 7.04. The number of nitrogens with one attached hydrogen (secondary N) is 1. The lowest BCUT2D eigenvalue weighted by atomic mass is 10.0. The summed E-state index contributed by atoms with van der Waals surface area (Å²) < 4.78 is 0. The monoisotopic (exact) mass is 249 g/mol. The van der Waals surface area contributed by atoms with Crippen molar-refractivity contribution < 1.29 is 4.79 Å². The first-order chi connectivity index (χ1) is 8.45. The van der Waals surface area contributed by atoms with Crippen molar-refractivity contribution >= 4 is 11.6 Å². The Morgan fingerprint density at radius 2 is 1.78 bits per heavy atom. The Labute approximate surface area is 107 Å². The molecule has 1 rings (SSSR count). The third kappa shape index (κ3) is 3.63. The van der Waals surface area contributed by atoms with E-state index in [2.05, 4.69) is 10.5 Å². The first-order valence-corrected chi connectivity index (χ1v) is 5.95. The van der Waals surface area contributed by atoms with Gasteiger partial charge in [0.1, 0.15) is 5.69 Å². The Kier molecular flexibility index (Phi) is 4.97. The molecule has 0 aliphatic carbocycles. The van der Waals surface area contributed by atoms with E-state index in [1.807, 2.05) is 20.8 Å². The zero-order valence-corrected chi connectivity index (χ0v) is 10.9. The van der Waals surface area contributed by atoms with Gasteiger partial charge in [-0.15, -0.1) is 4.91 Å². The van der Waals surface area contributed by atoms with Gasteiger partial charge in [0.05, 0.1) is 12.1 Å². The third-order valence-electron chi connectivity index (χ3n) is 2.88. The van der Waals surface area contributed by atoms with Crippen molar-refractivity contribution in [2.75, 3.05) is 0 Å². The molecule has 98 valence electrons. The van der Waals surface area contributed by atoms with Gasteiger partial charge in [0, 0.05) is 0 Å². The van der Waals surface area contributed by atoms with E-state index >= 15 is 0 Å². The Morgan fingerprint density at radius 3 is 2.22 bits per heavy atom. The molecule has 3 N–H and O–H groups in total. The number of amides is 1. The number of nitrogens with two attached hydrogens (primary N) is 1. The van der Waals surface area contributed by atoms with Gasteiger partial charge in [-0.25, -0.2) is 0 Å². The first kappa shape index (κ1) is 14.3. The standard InChI is InChI=1S/C13H19N3O2/c1-8(2)12(14)13(17)15-9(3)10-4-6-11(16-18)7-5-10/h4-9,12H,14H2,1-3H3,(H,15,17)/t9-,12-/m1/s1. The summed E-state index contributed by atoms with van der Waals surface area (Å²) in [5.74, 6) is -0.0751. The summed E-state index contributed by atoms with van der Waals surface area (Å²) in [6.45, 7) is 5.67. The van der Waals surface area contributed by atoms with Crippen LogP contribution in [0.5, 0.6) is 0 Å². The fraction of sp³-hybridized carbons (Fsp3) is 0.462. The zero-order valence-electron chi connectivity index (χ0n) is 10.9. The van der Waals surface area contributed by atoms with Crippen molar-refractivity contribution in [3.63, 3.8) is 0 Å². The molecule has 5 nitrogen and oxygen atoms in total. The van der Waals surface area contributed by atoms with Crippen LogP contribution in [0.4, 0.5) is 5.69 Å². The van der Waals surface area contributed by atoms with Crippen molar-refractivity contribution in [3.05, 3.63) is 34.7 Å². The highest BCUT2D eigenvalue weighted by atomic mass is 16.3. The van der Waals surface area contributed by atoms with E-state index in [4.69, 9.17) is 5.73 Å². The van der Waals surface area contributed by atoms with Gasteiger partial charge in [-0.05, 0) is 35.7 Å². The van der Waals surface area contributed by atoms with Gasteiger partial charge in [0.15, 0.2) is 0 Å². The Hall–Kier alpha value is -1.75. The second-order valence-corrected chi connectivity index (χ2v) is 4.68. The van der Waals surface area contributed by atoms with E-state index in [1.165, 1.54) is 0 Å². The topological polar surface area (TPSA) is 84.6 Å². The van der Waals surface area contributed by atoms with Crippen LogP contribution in [0.3, 0.4) is 0 Å². The third-order valence-corrected chi connectivity index (χ3v) is 2.88. The highest BCUT2D eigenvalue weighted by molar-refractivity contribution is 5.82. The molecule has 0 bridgehead atoms. The molecular formula is C13H19N3O2. The number of carbonyl (C=O) groups is 1. The molecule has 0 fully saturated rings. The number of nitroso groups, excluding NO2 is 1. The van der Waals surface area contributed by atoms with Crippen LogP contribution in [0.2, 0.25) is 0 Å². The maximum absolute atomic E-state index is 11.8. The minimum atomic E-state index is -0.511. The van der Waals surface area contributed by atoms with E-state index in [0.29, 0.717) is 5.69 Å². The van der Waals surface area contributed by atoms with Crippen LogP contribution in [0, 0.1) is 10.8 Å². The van der Waals surface area contributed by atoms with Crippen molar-refractivity contribution in [1.29, 1.82) is 0 Å². The predicted molar refractivity (Wildman–Crippen MR) is 71.3 cm³/mol. The van der Waals surface area contributed by atoms with Crippen LogP contribution >= 0.6 is 0 Å². The molecule has 0 unspecified atom stereocenters. The molecule has 2 atom stereocenters. The van der Waals surface area contributed by atoms with Crippen LogP contribution in [0.15, 0.2) is 29.4 Å². The average Bonchev–Trinajstić information content (AvgIpc) is 2.37. The van der Waals surface area contributed by atoms with Crippen molar-refractivity contribution in [2.45, 2.75) is 32.9 Å². The molecule has 0 saturated heterocycles. The molecule has 1 aromatic rings. The van der Waals surface area contributed by atoms with Gasteiger partial charge < -0.3 is 11.1 Å². The molecule has 0 aliphatic heterocycles. The van der Waals surface area contributed by atoms with E-state index in [0.717, 1.165) is 5.56 Å². The zero-order chi connectivity index (χ0) is 13.7. The fourth-order valence-corrected chi connectivity index (χ4v) is 1.52. The quantitative estimate of drug-likeness (QED) is 0.785. The van der Waals surface area contributed by atoms with Crippen LogP contribution in [-0.2, 0) is 4.79 Å². The molecule has 1 aromatic carbocycles. The second-order valence-electron chi connectivity index (χ2n) is 4.68. The average molecular weight is 249 g/mol. The number of rotatable bonds is 5. The molecule has 1 amide bonds. The number of hydrogen-bond acceptors (Lipinski definition) is 4. The number of benzene rings is 1. The van der Waals surface area contributed by atoms with E-state index in [9.17, 15) is 9.70 Å². The van der Waals surface area contributed by atoms with Crippen molar-refractivity contribution in [3.8, 4) is 0 Å².